The second kappa shape index (κ2) is 6.14. The summed E-state index contributed by atoms with van der Waals surface area (Å²) in [5.41, 5.74) is 6.09. The molecular formula is C20H14BrN5S. The Labute approximate surface area is 168 Å². The molecule has 5 aromatic rings. The molecule has 7 heteroatoms. The predicted octanol–water partition coefficient (Wildman–Crippen LogP) is 5.44. The number of benzene rings is 2. The first-order valence-corrected chi connectivity index (χ1v) is 9.64. The third kappa shape index (κ3) is 2.54. The Bertz CT molecular complexity index is 1350. The van der Waals surface area contributed by atoms with Gasteiger partial charge < -0.3 is 0 Å². The van der Waals surface area contributed by atoms with Crippen molar-refractivity contribution in [1.29, 1.82) is 0 Å². The Morgan fingerprint density at radius 3 is 2.48 bits per heavy atom. The van der Waals surface area contributed by atoms with Gasteiger partial charge >= 0.3 is 0 Å². The van der Waals surface area contributed by atoms with Gasteiger partial charge in [-0.2, -0.15) is 9.61 Å². The van der Waals surface area contributed by atoms with Crippen molar-refractivity contribution in [2.75, 3.05) is 0 Å². The Morgan fingerprint density at radius 2 is 1.74 bits per heavy atom. The molecule has 0 aliphatic carbocycles. The molecule has 3 aromatic heterocycles. The summed E-state index contributed by atoms with van der Waals surface area (Å²) < 4.78 is 5.18. The lowest BCUT2D eigenvalue weighted by atomic mass is 10.1. The van der Waals surface area contributed by atoms with E-state index in [0.717, 1.165) is 32.5 Å². The summed E-state index contributed by atoms with van der Waals surface area (Å²) in [6.07, 6.45) is 0. The van der Waals surface area contributed by atoms with Crippen LogP contribution in [0.15, 0.2) is 65.1 Å². The van der Waals surface area contributed by atoms with Gasteiger partial charge in [0.15, 0.2) is 0 Å². The highest BCUT2D eigenvalue weighted by molar-refractivity contribution is 9.10. The fourth-order valence-electron chi connectivity index (χ4n) is 3.26. The molecule has 2 aromatic carbocycles. The Morgan fingerprint density at radius 1 is 1.00 bits per heavy atom. The van der Waals surface area contributed by atoms with Gasteiger partial charge in [0, 0.05) is 5.56 Å². The summed E-state index contributed by atoms with van der Waals surface area (Å²) in [6, 6.07) is 20.5. The number of aryl methyl sites for hydroxylation is 1. The molecule has 1 N–H and O–H groups in total. The Balaban J connectivity index is 1.89. The maximum atomic E-state index is 5.51. The number of H-pyrrole nitrogens is 1. The van der Waals surface area contributed by atoms with E-state index in [1.54, 1.807) is 0 Å². The second-order valence-corrected chi connectivity index (χ2v) is 7.57. The monoisotopic (exact) mass is 435 g/mol. The number of halogens is 1. The summed E-state index contributed by atoms with van der Waals surface area (Å²) in [6.45, 7) is 2.07. The van der Waals surface area contributed by atoms with E-state index in [-0.39, 0.29) is 0 Å². The average Bonchev–Trinajstić information content (AvgIpc) is 3.29. The van der Waals surface area contributed by atoms with E-state index in [9.17, 15) is 0 Å². The van der Waals surface area contributed by atoms with Gasteiger partial charge in [-0.1, -0.05) is 60.2 Å². The largest absolute Gasteiger partial charge is 0.255 e. The fourth-order valence-corrected chi connectivity index (χ4v) is 4.17. The van der Waals surface area contributed by atoms with Crippen molar-refractivity contribution in [3.8, 4) is 22.5 Å². The maximum absolute atomic E-state index is 5.51. The molecule has 0 unspecified atom stereocenters. The van der Waals surface area contributed by atoms with Gasteiger partial charge in [0.05, 0.1) is 21.4 Å². The lowest BCUT2D eigenvalue weighted by molar-refractivity contribution is 0.930. The molecule has 0 spiro atoms. The van der Waals surface area contributed by atoms with Gasteiger partial charge in [-0.25, -0.2) is 5.10 Å². The van der Waals surface area contributed by atoms with Crippen LogP contribution in [0, 0.1) is 11.7 Å². The number of fused-ring (bicyclic) bond motifs is 3. The molecule has 3 heterocycles. The molecule has 0 saturated carbocycles. The van der Waals surface area contributed by atoms with Gasteiger partial charge in [-0.05, 0) is 46.7 Å². The van der Waals surface area contributed by atoms with Gasteiger partial charge in [0.1, 0.15) is 0 Å². The smallest absolute Gasteiger partial charge is 0.251 e. The minimum Gasteiger partial charge on any atom is -0.251 e. The highest BCUT2D eigenvalue weighted by atomic mass is 79.9. The zero-order valence-electron chi connectivity index (χ0n) is 14.3. The third-order valence-electron chi connectivity index (χ3n) is 4.60. The van der Waals surface area contributed by atoms with Crippen LogP contribution < -0.4 is 0 Å². The number of rotatable bonds is 2. The number of nitrogens with zero attached hydrogens (tertiary/aromatic N) is 4. The van der Waals surface area contributed by atoms with Crippen LogP contribution in [0.4, 0.5) is 0 Å². The van der Waals surface area contributed by atoms with Crippen molar-refractivity contribution in [3.05, 3.63) is 75.5 Å². The normalized spacial score (nSPS) is 11.5. The number of aromatic nitrogens is 5. The van der Waals surface area contributed by atoms with Crippen molar-refractivity contribution in [2.24, 2.45) is 0 Å². The summed E-state index contributed by atoms with van der Waals surface area (Å²) >= 11 is 9.30. The SMILES string of the molecule is Cc1ccc(-c2c(Br)c3cc(-c4ccccc4)nn3c3n[nH]c(=S)n23)cc1. The molecule has 132 valence electrons. The molecule has 5 rings (SSSR count). The van der Waals surface area contributed by atoms with E-state index < -0.39 is 0 Å². The van der Waals surface area contributed by atoms with Crippen LogP contribution in [0.5, 0.6) is 0 Å². The predicted molar refractivity (Wildman–Crippen MR) is 112 cm³/mol. The van der Waals surface area contributed by atoms with Gasteiger partial charge in [-0.15, -0.1) is 5.10 Å². The van der Waals surface area contributed by atoms with Crippen molar-refractivity contribution < 1.29 is 0 Å². The molecule has 0 aliphatic rings. The zero-order chi connectivity index (χ0) is 18.5. The van der Waals surface area contributed by atoms with Crippen LogP contribution in [0.25, 0.3) is 33.8 Å². The quantitative estimate of drug-likeness (QED) is 0.375. The molecule has 0 amide bonds. The number of aromatic amines is 1. The first kappa shape index (κ1) is 16.4. The summed E-state index contributed by atoms with van der Waals surface area (Å²) in [5, 5.41) is 12.1. The van der Waals surface area contributed by atoms with E-state index in [2.05, 4.69) is 63.4 Å². The van der Waals surface area contributed by atoms with Crippen LogP contribution >= 0.6 is 28.1 Å². The third-order valence-corrected chi connectivity index (χ3v) is 5.66. The molecule has 0 atom stereocenters. The van der Waals surface area contributed by atoms with E-state index in [1.807, 2.05) is 39.2 Å². The van der Waals surface area contributed by atoms with Gasteiger partial charge in [-0.3, -0.25) is 4.40 Å². The topological polar surface area (TPSA) is 50.4 Å². The summed E-state index contributed by atoms with van der Waals surface area (Å²) in [5.74, 6) is 0.649. The average molecular weight is 436 g/mol. The molecule has 27 heavy (non-hydrogen) atoms. The number of nitrogens with one attached hydrogen (secondary N) is 1. The van der Waals surface area contributed by atoms with Crippen molar-refractivity contribution in [3.63, 3.8) is 0 Å². The molecule has 0 saturated heterocycles. The van der Waals surface area contributed by atoms with Crippen molar-refractivity contribution >= 4 is 39.4 Å². The van der Waals surface area contributed by atoms with Crippen molar-refractivity contribution in [2.45, 2.75) is 6.92 Å². The lowest BCUT2D eigenvalue weighted by Gasteiger charge is -2.10. The maximum Gasteiger partial charge on any atom is 0.255 e. The zero-order valence-corrected chi connectivity index (χ0v) is 16.8. The second-order valence-electron chi connectivity index (χ2n) is 6.39. The minimum absolute atomic E-state index is 0.528. The molecular weight excluding hydrogens is 422 g/mol. The van der Waals surface area contributed by atoms with Gasteiger partial charge in [0.25, 0.3) is 5.78 Å². The molecule has 0 aliphatic heterocycles. The van der Waals surface area contributed by atoms with E-state index in [0.29, 0.717) is 10.5 Å². The highest BCUT2D eigenvalue weighted by Gasteiger charge is 2.19. The van der Waals surface area contributed by atoms with Crippen LogP contribution in [0.3, 0.4) is 0 Å². The number of hydrogen-bond donors (Lipinski definition) is 1. The molecule has 5 nitrogen and oxygen atoms in total. The molecule has 0 radical (unpaired) electrons. The van der Waals surface area contributed by atoms with Crippen LogP contribution in [-0.4, -0.2) is 24.2 Å². The summed E-state index contributed by atoms with van der Waals surface area (Å²) in [4.78, 5) is 0. The van der Waals surface area contributed by atoms with E-state index in [1.165, 1.54) is 5.56 Å². The van der Waals surface area contributed by atoms with Gasteiger partial charge in [0.2, 0.25) is 4.77 Å². The molecule has 0 bridgehead atoms. The lowest BCUT2D eigenvalue weighted by Crippen LogP contribution is -2.02. The number of hydrogen-bond acceptors (Lipinski definition) is 3. The summed E-state index contributed by atoms with van der Waals surface area (Å²) in [7, 11) is 0. The van der Waals surface area contributed by atoms with Crippen LogP contribution in [0.2, 0.25) is 0 Å². The van der Waals surface area contributed by atoms with Crippen molar-refractivity contribution in [1.82, 2.24) is 24.2 Å². The van der Waals surface area contributed by atoms with E-state index >= 15 is 0 Å². The van der Waals surface area contributed by atoms with E-state index in [4.69, 9.17) is 17.3 Å². The molecule has 0 fully saturated rings. The first-order valence-electron chi connectivity index (χ1n) is 8.44. The van der Waals surface area contributed by atoms with Crippen LogP contribution in [-0.2, 0) is 0 Å². The fraction of sp³-hybridized carbons (Fsp3) is 0.0500. The Hall–Kier alpha value is -2.77. The Kier molecular flexibility index (Phi) is 3.73. The minimum atomic E-state index is 0.528. The van der Waals surface area contributed by atoms with Crippen LogP contribution in [0.1, 0.15) is 5.56 Å². The highest BCUT2D eigenvalue weighted by Crippen LogP contribution is 2.35. The standard InChI is InChI=1S/C20H14BrN5S/c1-12-7-9-14(10-8-12)18-17(21)16-11-15(13-5-3-2-4-6-13)24-26(16)19-22-23-20(27)25(18)19/h2-11H,1H3,(H,23,27). The first-order chi connectivity index (χ1) is 13.1.